The molecule has 1 N–H and O–H groups in total. The number of likely N-dealkylation sites (tertiary alicyclic amines) is 1. The molecule has 2 atom stereocenters. The number of hydrogen-bond donors (Lipinski definition) is 1. The van der Waals surface area contributed by atoms with Crippen molar-refractivity contribution in [1.82, 2.24) is 4.90 Å². The minimum Gasteiger partial charge on any atom is -0.302 e. The van der Waals surface area contributed by atoms with Gasteiger partial charge in [-0.3, -0.25) is 0 Å². The highest BCUT2D eigenvalue weighted by Gasteiger charge is 2.19. The van der Waals surface area contributed by atoms with Crippen LogP contribution in [0.3, 0.4) is 0 Å². The molecule has 0 radical (unpaired) electrons. The van der Waals surface area contributed by atoms with E-state index in [9.17, 15) is 4.21 Å². The Kier molecular flexibility index (Phi) is 5.26. The third kappa shape index (κ3) is 4.08. The van der Waals surface area contributed by atoms with Gasteiger partial charge in [-0.2, -0.15) is 0 Å². The standard InChI is InChI=1S/C19H23NO2S/c1-15-3-2-13-20(15)14-12-16-4-6-17(7-5-16)18-8-10-19(11-9-18)23(21)22/h4-11,15H,2-3,12-14H2,1H3,(H,21,22). The normalized spacial score (nSPS) is 19.8. The highest BCUT2D eigenvalue weighted by atomic mass is 32.2. The Bertz CT molecular complexity index is 667. The van der Waals surface area contributed by atoms with Crippen LogP contribution in [-0.2, 0) is 17.5 Å². The first-order valence-corrected chi connectivity index (χ1v) is 9.28. The van der Waals surface area contributed by atoms with E-state index in [1.165, 1.54) is 24.9 Å². The average Bonchev–Trinajstić information content (AvgIpc) is 2.99. The quantitative estimate of drug-likeness (QED) is 0.844. The Morgan fingerprint density at radius 3 is 2.22 bits per heavy atom. The fourth-order valence-corrected chi connectivity index (χ4v) is 3.59. The van der Waals surface area contributed by atoms with Gasteiger partial charge in [-0.15, -0.1) is 0 Å². The Morgan fingerprint density at radius 1 is 1.09 bits per heavy atom. The monoisotopic (exact) mass is 329 g/mol. The van der Waals surface area contributed by atoms with Gasteiger partial charge in [-0.25, -0.2) is 4.21 Å². The second-order valence-corrected chi connectivity index (χ2v) is 7.22. The minimum absolute atomic E-state index is 0.435. The van der Waals surface area contributed by atoms with E-state index in [2.05, 4.69) is 36.1 Å². The maximum Gasteiger partial charge on any atom is 0.186 e. The van der Waals surface area contributed by atoms with Gasteiger partial charge in [0.1, 0.15) is 0 Å². The van der Waals surface area contributed by atoms with E-state index in [0.717, 1.165) is 30.1 Å². The lowest BCUT2D eigenvalue weighted by Gasteiger charge is -2.20. The molecular weight excluding hydrogens is 306 g/mol. The zero-order valence-electron chi connectivity index (χ0n) is 13.4. The molecule has 2 unspecified atom stereocenters. The van der Waals surface area contributed by atoms with Crippen molar-refractivity contribution in [2.45, 2.75) is 37.1 Å². The van der Waals surface area contributed by atoms with Crippen molar-refractivity contribution >= 4 is 11.1 Å². The van der Waals surface area contributed by atoms with Crippen LogP contribution in [0.5, 0.6) is 0 Å². The number of nitrogens with zero attached hydrogens (tertiary/aromatic N) is 1. The molecule has 0 saturated carbocycles. The van der Waals surface area contributed by atoms with Crippen molar-refractivity contribution in [3.8, 4) is 11.1 Å². The first-order valence-electron chi connectivity index (χ1n) is 8.18. The third-order valence-corrected chi connectivity index (χ3v) is 5.40. The van der Waals surface area contributed by atoms with Gasteiger partial charge in [-0.1, -0.05) is 36.4 Å². The molecule has 2 aromatic carbocycles. The zero-order valence-corrected chi connectivity index (χ0v) is 14.3. The van der Waals surface area contributed by atoms with Gasteiger partial charge in [0.2, 0.25) is 0 Å². The summed E-state index contributed by atoms with van der Waals surface area (Å²) in [7, 11) is 0. The van der Waals surface area contributed by atoms with E-state index in [1.54, 1.807) is 12.1 Å². The summed E-state index contributed by atoms with van der Waals surface area (Å²) in [6, 6.07) is 16.6. The summed E-state index contributed by atoms with van der Waals surface area (Å²) >= 11 is -1.91. The van der Waals surface area contributed by atoms with E-state index < -0.39 is 11.1 Å². The van der Waals surface area contributed by atoms with Gasteiger partial charge >= 0.3 is 0 Å². The molecule has 3 rings (SSSR count). The lowest BCUT2D eigenvalue weighted by atomic mass is 10.0. The molecule has 0 amide bonds. The van der Waals surface area contributed by atoms with Crippen LogP contribution in [0, 0.1) is 0 Å². The number of rotatable bonds is 5. The molecule has 0 aliphatic carbocycles. The highest BCUT2D eigenvalue weighted by molar-refractivity contribution is 7.79. The van der Waals surface area contributed by atoms with Crippen LogP contribution < -0.4 is 0 Å². The van der Waals surface area contributed by atoms with Crippen molar-refractivity contribution in [2.24, 2.45) is 0 Å². The molecule has 0 spiro atoms. The van der Waals surface area contributed by atoms with E-state index in [1.807, 2.05) is 12.1 Å². The van der Waals surface area contributed by atoms with Crippen LogP contribution in [0.1, 0.15) is 25.3 Å². The smallest absolute Gasteiger partial charge is 0.186 e. The Labute approximate surface area is 140 Å². The first kappa shape index (κ1) is 16.4. The lowest BCUT2D eigenvalue weighted by Crippen LogP contribution is -2.28. The van der Waals surface area contributed by atoms with Crippen LogP contribution in [0.4, 0.5) is 0 Å². The summed E-state index contributed by atoms with van der Waals surface area (Å²) in [5.74, 6) is 0. The van der Waals surface area contributed by atoms with Gasteiger partial charge in [0.15, 0.2) is 11.1 Å². The van der Waals surface area contributed by atoms with Gasteiger partial charge in [0, 0.05) is 12.6 Å². The SMILES string of the molecule is CC1CCCN1CCc1ccc(-c2ccc(S(=O)O)cc2)cc1. The van der Waals surface area contributed by atoms with Crippen molar-refractivity contribution in [3.63, 3.8) is 0 Å². The van der Waals surface area contributed by atoms with E-state index >= 15 is 0 Å². The summed E-state index contributed by atoms with van der Waals surface area (Å²) in [5.41, 5.74) is 3.57. The fourth-order valence-electron chi connectivity index (χ4n) is 3.23. The minimum atomic E-state index is -1.91. The zero-order chi connectivity index (χ0) is 16.2. The molecule has 0 aromatic heterocycles. The van der Waals surface area contributed by atoms with Gasteiger partial charge in [-0.05, 0) is 61.6 Å². The second-order valence-electron chi connectivity index (χ2n) is 6.25. The average molecular weight is 329 g/mol. The van der Waals surface area contributed by atoms with Crippen LogP contribution in [0.2, 0.25) is 0 Å². The van der Waals surface area contributed by atoms with Gasteiger partial charge < -0.3 is 9.45 Å². The summed E-state index contributed by atoms with van der Waals surface area (Å²) in [5, 5.41) is 0. The first-order chi connectivity index (χ1) is 11.1. The van der Waals surface area contributed by atoms with E-state index in [0.29, 0.717) is 4.90 Å². The fraction of sp³-hybridized carbons (Fsp3) is 0.368. The molecule has 4 heteroatoms. The predicted molar refractivity (Wildman–Crippen MR) is 94.9 cm³/mol. The summed E-state index contributed by atoms with van der Waals surface area (Å²) in [6.45, 7) is 4.69. The summed E-state index contributed by atoms with van der Waals surface area (Å²) in [6.07, 6.45) is 3.75. The molecule has 3 nitrogen and oxygen atoms in total. The van der Waals surface area contributed by atoms with Gasteiger partial charge in [0.05, 0.1) is 4.90 Å². The Morgan fingerprint density at radius 2 is 1.70 bits per heavy atom. The number of hydrogen-bond acceptors (Lipinski definition) is 2. The molecule has 1 heterocycles. The molecule has 1 saturated heterocycles. The van der Waals surface area contributed by atoms with Crippen molar-refractivity contribution < 1.29 is 8.76 Å². The van der Waals surface area contributed by atoms with Crippen LogP contribution in [0.25, 0.3) is 11.1 Å². The molecule has 122 valence electrons. The molecule has 1 aliphatic rings. The van der Waals surface area contributed by atoms with E-state index in [4.69, 9.17) is 4.55 Å². The second kappa shape index (κ2) is 7.39. The van der Waals surface area contributed by atoms with Crippen molar-refractivity contribution in [2.75, 3.05) is 13.1 Å². The Hall–Kier alpha value is -1.49. The Balaban J connectivity index is 1.63. The maximum absolute atomic E-state index is 11.0. The van der Waals surface area contributed by atoms with Crippen LogP contribution in [-0.4, -0.2) is 32.8 Å². The third-order valence-electron chi connectivity index (χ3n) is 4.72. The summed E-state index contributed by atoms with van der Waals surface area (Å²) in [4.78, 5) is 3.01. The van der Waals surface area contributed by atoms with Crippen molar-refractivity contribution in [3.05, 3.63) is 54.1 Å². The summed E-state index contributed by atoms with van der Waals surface area (Å²) < 4.78 is 20.1. The maximum atomic E-state index is 11.0. The largest absolute Gasteiger partial charge is 0.302 e. The van der Waals surface area contributed by atoms with E-state index in [-0.39, 0.29) is 0 Å². The van der Waals surface area contributed by atoms with Crippen LogP contribution in [0.15, 0.2) is 53.4 Å². The molecule has 0 bridgehead atoms. The molecule has 23 heavy (non-hydrogen) atoms. The molecule has 1 aliphatic heterocycles. The van der Waals surface area contributed by atoms with Crippen LogP contribution >= 0.6 is 0 Å². The molecular formula is C19H23NO2S. The number of benzene rings is 2. The highest BCUT2D eigenvalue weighted by Crippen LogP contribution is 2.22. The predicted octanol–water partition coefficient (Wildman–Crippen LogP) is 3.96. The molecule has 1 fully saturated rings. The van der Waals surface area contributed by atoms with Crippen molar-refractivity contribution in [1.29, 1.82) is 0 Å². The lowest BCUT2D eigenvalue weighted by molar-refractivity contribution is 0.272. The topological polar surface area (TPSA) is 40.5 Å². The molecule has 2 aromatic rings. The van der Waals surface area contributed by atoms with Gasteiger partial charge in [0.25, 0.3) is 0 Å².